The van der Waals surface area contributed by atoms with Crippen molar-refractivity contribution in [2.75, 3.05) is 4.31 Å². The summed E-state index contributed by atoms with van der Waals surface area (Å²) in [6, 6.07) is 8.65. The van der Waals surface area contributed by atoms with Gasteiger partial charge in [-0.25, -0.2) is 12.7 Å². The molecule has 0 fully saturated rings. The Bertz CT molecular complexity index is 1010. The number of anilines is 1. The third-order valence-electron chi connectivity index (χ3n) is 4.14. The van der Waals surface area contributed by atoms with Crippen LogP contribution < -0.4 is 9.04 Å². The summed E-state index contributed by atoms with van der Waals surface area (Å²) in [5, 5.41) is -0.147. The van der Waals surface area contributed by atoms with Gasteiger partial charge in [0, 0.05) is 12.8 Å². The molecule has 0 saturated heterocycles. The summed E-state index contributed by atoms with van der Waals surface area (Å²) >= 11 is 12.5. The Hall–Kier alpha value is -2.09. The molecule has 0 aliphatic carbocycles. The number of carbonyl (C=O) groups is 2. The first kappa shape index (κ1) is 24.2. The van der Waals surface area contributed by atoms with Gasteiger partial charge < -0.3 is 4.74 Å². The average Bonchev–Trinajstić information content (AvgIpc) is 2.65. The second kappa shape index (κ2) is 10.3. The number of carbonyl (C=O) groups excluding carboxylic acids is 2. The quantitative estimate of drug-likeness (QED) is 0.373. The van der Waals surface area contributed by atoms with Crippen molar-refractivity contribution in [2.45, 2.75) is 51.3 Å². The molecule has 0 aromatic heterocycles. The summed E-state index contributed by atoms with van der Waals surface area (Å²) in [4.78, 5) is 24.5. The van der Waals surface area contributed by atoms with E-state index in [1.165, 1.54) is 24.3 Å². The van der Waals surface area contributed by atoms with E-state index in [4.69, 9.17) is 27.9 Å². The number of amides is 1. The Morgan fingerprint density at radius 2 is 1.50 bits per heavy atom. The largest absolute Gasteiger partial charge is 0.423 e. The van der Waals surface area contributed by atoms with E-state index in [0.717, 1.165) is 5.56 Å². The summed E-state index contributed by atoms with van der Waals surface area (Å²) in [7, 11) is -4.21. The fourth-order valence-corrected chi connectivity index (χ4v) is 4.66. The molecule has 2 aromatic carbocycles. The van der Waals surface area contributed by atoms with Crippen molar-refractivity contribution < 1.29 is 22.7 Å². The van der Waals surface area contributed by atoms with E-state index < -0.39 is 21.9 Å². The fraction of sp³-hybridized carbons (Fsp3) is 0.333. The SMILES string of the molecule is CCCC(=O)Oc1c(Cl)cc(N(C(=O)CCC)S(=O)(=O)c2ccc(C)cc2)cc1Cl. The lowest BCUT2D eigenvalue weighted by Crippen LogP contribution is -2.37. The number of hydrogen-bond acceptors (Lipinski definition) is 5. The molecule has 30 heavy (non-hydrogen) atoms. The van der Waals surface area contributed by atoms with Gasteiger partial charge in [-0.1, -0.05) is 54.7 Å². The minimum Gasteiger partial charge on any atom is -0.423 e. The maximum absolute atomic E-state index is 13.3. The van der Waals surface area contributed by atoms with Gasteiger partial charge in [0.05, 0.1) is 20.6 Å². The summed E-state index contributed by atoms with van der Waals surface area (Å²) in [6.45, 7) is 5.42. The molecule has 0 aliphatic heterocycles. The molecule has 9 heteroatoms. The lowest BCUT2D eigenvalue weighted by molar-refractivity contribution is -0.134. The van der Waals surface area contributed by atoms with Gasteiger partial charge in [0.1, 0.15) is 0 Å². The summed E-state index contributed by atoms with van der Waals surface area (Å²) in [5.74, 6) is -1.21. The number of halogens is 2. The molecule has 162 valence electrons. The molecule has 1 amide bonds. The Morgan fingerprint density at radius 1 is 0.967 bits per heavy atom. The number of aryl methyl sites for hydroxylation is 1. The lowest BCUT2D eigenvalue weighted by atomic mass is 10.2. The van der Waals surface area contributed by atoms with Crippen LogP contribution in [0, 0.1) is 6.92 Å². The van der Waals surface area contributed by atoms with Gasteiger partial charge in [0.15, 0.2) is 5.75 Å². The second-order valence-electron chi connectivity index (χ2n) is 6.69. The maximum atomic E-state index is 13.3. The molecule has 0 aliphatic rings. The van der Waals surface area contributed by atoms with Gasteiger partial charge in [-0.2, -0.15) is 0 Å². The van der Waals surface area contributed by atoms with Gasteiger partial charge in [0.2, 0.25) is 5.91 Å². The molecule has 2 aromatic rings. The first-order valence-electron chi connectivity index (χ1n) is 9.46. The van der Waals surface area contributed by atoms with Crippen molar-refractivity contribution in [3.8, 4) is 5.75 Å². The number of ether oxygens (including phenoxy) is 1. The smallest absolute Gasteiger partial charge is 0.311 e. The predicted molar refractivity (Wildman–Crippen MR) is 118 cm³/mol. The third kappa shape index (κ3) is 5.53. The number of hydrogen-bond donors (Lipinski definition) is 0. The van der Waals surface area contributed by atoms with Crippen LogP contribution in [0.2, 0.25) is 10.0 Å². The van der Waals surface area contributed by atoms with Crippen molar-refractivity contribution in [3.05, 3.63) is 52.0 Å². The van der Waals surface area contributed by atoms with Crippen LogP contribution in [0.3, 0.4) is 0 Å². The van der Waals surface area contributed by atoms with Crippen LogP contribution in [0.15, 0.2) is 41.3 Å². The highest BCUT2D eigenvalue weighted by Crippen LogP contribution is 2.39. The predicted octanol–water partition coefficient (Wildman–Crippen LogP) is 5.53. The Labute approximate surface area is 186 Å². The van der Waals surface area contributed by atoms with E-state index in [0.29, 0.717) is 17.1 Å². The van der Waals surface area contributed by atoms with E-state index in [9.17, 15) is 18.0 Å². The van der Waals surface area contributed by atoms with Gasteiger partial charge in [0.25, 0.3) is 10.0 Å². The highest BCUT2D eigenvalue weighted by atomic mass is 35.5. The van der Waals surface area contributed by atoms with E-state index in [2.05, 4.69) is 0 Å². The molecule has 0 bridgehead atoms. The summed E-state index contributed by atoms with van der Waals surface area (Å²) in [5.41, 5.74) is 0.851. The fourth-order valence-electron chi connectivity index (χ4n) is 2.68. The van der Waals surface area contributed by atoms with Crippen LogP contribution in [-0.4, -0.2) is 20.3 Å². The molecule has 0 heterocycles. The second-order valence-corrected chi connectivity index (χ2v) is 9.29. The van der Waals surface area contributed by atoms with Crippen LogP contribution >= 0.6 is 23.2 Å². The van der Waals surface area contributed by atoms with E-state index in [1.54, 1.807) is 19.1 Å². The maximum Gasteiger partial charge on any atom is 0.311 e. The van der Waals surface area contributed by atoms with E-state index >= 15 is 0 Å². The van der Waals surface area contributed by atoms with E-state index in [-0.39, 0.29) is 39.2 Å². The Balaban J connectivity index is 2.56. The molecule has 0 spiro atoms. The van der Waals surface area contributed by atoms with Crippen molar-refractivity contribution in [1.82, 2.24) is 0 Å². The molecular formula is C21H23Cl2NO5S. The number of sulfonamides is 1. The van der Waals surface area contributed by atoms with Crippen molar-refractivity contribution in [1.29, 1.82) is 0 Å². The molecule has 0 unspecified atom stereocenters. The van der Waals surface area contributed by atoms with Crippen LogP contribution in [0.25, 0.3) is 0 Å². The highest BCUT2D eigenvalue weighted by molar-refractivity contribution is 7.93. The Morgan fingerprint density at radius 3 is 2.00 bits per heavy atom. The minimum atomic E-state index is -4.21. The number of benzene rings is 2. The third-order valence-corrected chi connectivity index (χ3v) is 6.46. The highest BCUT2D eigenvalue weighted by Gasteiger charge is 2.31. The summed E-state index contributed by atoms with van der Waals surface area (Å²) in [6.07, 6.45) is 1.22. The monoisotopic (exact) mass is 471 g/mol. The zero-order valence-electron chi connectivity index (χ0n) is 16.9. The number of esters is 1. The van der Waals surface area contributed by atoms with Crippen LogP contribution in [-0.2, 0) is 19.6 Å². The molecule has 2 rings (SSSR count). The standard InChI is InChI=1S/C21H23Cl2NO5S/c1-4-6-19(25)24(30(27,28)16-10-8-14(3)9-11-16)15-12-17(22)21(18(23)13-15)29-20(26)7-5-2/h8-13H,4-7H2,1-3H3. The topological polar surface area (TPSA) is 80.8 Å². The van der Waals surface area contributed by atoms with Gasteiger partial charge in [-0.15, -0.1) is 0 Å². The zero-order chi connectivity index (χ0) is 22.5. The molecule has 0 N–H and O–H groups in total. The Kier molecular flexibility index (Phi) is 8.29. The van der Waals surface area contributed by atoms with E-state index in [1.807, 2.05) is 13.8 Å². The molecule has 0 radical (unpaired) electrons. The minimum absolute atomic E-state index is 0.00751. The first-order chi connectivity index (χ1) is 14.1. The number of nitrogens with zero attached hydrogens (tertiary/aromatic N) is 1. The van der Waals surface area contributed by atoms with Crippen molar-refractivity contribution >= 4 is 50.8 Å². The van der Waals surface area contributed by atoms with Gasteiger partial charge >= 0.3 is 5.97 Å². The average molecular weight is 472 g/mol. The lowest BCUT2D eigenvalue weighted by Gasteiger charge is -2.23. The summed E-state index contributed by atoms with van der Waals surface area (Å²) < 4.78 is 32.4. The van der Waals surface area contributed by atoms with Crippen LogP contribution in [0.4, 0.5) is 5.69 Å². The van der Waals surface area contributed by atoms with Gasteiger partial charge in [-0.3, -0.25) is 9.59 Å². The van der Waals surface area contributed by atoms with Crippen molar-refractivity contribution in [2.24, 2.45) is 0 Å². The normalized spacial score (nSPS) is 11.2. The zero-order valence-corrected chi connectivity index (χ0v) is 19.3. The molecule has 0 saturated carbocycles. The van der Waals surface area contributed by atoms with Crippen LogP contribution in [0.1, 0.15) is 45.1 Å². The van der Waals surface area contributed by atoms with Crippen molar-refractivity contribution in [3.63, 3.8) is 0 Å². The molecule has 0 atom stereocenters. The molecule has 6 nitrogen and oxygen atoms in total. The van der Waals surface area contributed by atoms with Gasteiger partial charge in [-0.05, 0) is 44.0 Å². The first-order valence-corrected chi connectivity index (χ1v) is 11.7. The molecular weight excluding hydrogens is 449 g/mol. The van der Waals surface area contributed by atoms with Crippen LogP contribution in [0.5, 0.6) is 5.75 Å². The number of rotatable bonds is 8.